The minimum Gasteiger partial charge on any atom is -0.321 e. The van der Waals surface area contributed by atoms with Gasteiger partial charge in [-0.25, -0.2) is 0 Å². The maximum absolute atomic E-state index is 12.3. The van der Waals surface area contributed by atoms with E-state index in [2.05, 4.69) is 12.2 Å². The molecule has 3 nitrogen and oxygen atoms in total. The summed E-state index contributed by atoms with van der Waals surface area (Å²) in [6.07, 6.45) is 0.959. The summed E-state index contributed by atoms with van der Waals surface area (Å²) in [5.41, 5.74) is 1.95. The summed E-state index contributed by atoms with van der Waals surface area (Å²) in [7, 11) is 0. The quantitative estimate of drug-likeness (QED) is 0.792. The van der Waals surface area contributed by atoms with Crippen LogP contribution in [-0.2, 0) is 6.42 Å². The molecule has 0 atom stereocenters. The lowest BCUT2D eigenvalue weighted by Gasteiger charge is -2.06. The average molecular weight is 309 g/mol. The minimum absolute atomic E-state index is 0.0930. The maximum atomic E-state index is 12.3. The van der Waals surface area contributed by atoms with E-state index in [1.807, 2.05) is 42.5 Å². The summed E-state index contributed by atoms with van der Waals surface area (Å²) >= 11 is 0.974. The van der Waals surface area contributed by atoms with E-state index in [0.717, 1.165) is 28.8 Å². The molecular weight excluding hydrogens is 294 g/mol. The Morgan fingerprint density at radius 2 is 1.82 bits per heavy atom. The van der Waals surface area contributed by atoms with Crippen molar-refractivity contribution in [1.82, 2.24) is 0 Å². The molecular formula is C18H15NO2S. The van der Waals surface area contributed by atoms with Crippen LogP contribution in [0.2, 0.25) is 0 Å². The van der Waals surface area contributed by atoms with Gasteiger partial charge in [0.25, 0.3) is 5.91 Å². The Bertz CT molecular complexity index is 881. The number of rotatable bonds is 3. The molecule has 3 aromatic rings. The monoisotopic (exact) mass is 309 g/mol. The molecule has 1 amide bonds. The average Bonchev–Trinajstić information content (AvgIpc) is 2.55. The predicted molar refractivity (Wildman–Crippen MR) is 91.9 cm³/mol. The number of hydrogen-bond donors (Lipinski definition) is 1. The number of carbonyl (C=O) groups excluding carboxylic acids is 1. The van der Waals surface area contributed by atoms with Crippen LogP contribution in [-0.4, -0.2) is 5.91 Å². The highest BCUT2D eigenvalue weighted by atomic mass is 32.1. The Morgan fingerprint density at radius 3 is 2.55 bits per heavy atom. The van der Waals surface area contributed by atoms with E-state index in [1.165, 1.54) is 5.56 Å². The molecule has 0 radical (unpaired) electrons. The van der Waals surface area contributed by atoms with E-state index in [1.54, 1.807) is 12.1 Å². The fraction of sp³-hybridized carbons (Fsp3) is 0.111. The first-order valence-electron chi connectivity index (χ1n) is 7.10. The number of aryl methyl sites for hydroxylation is 1. The molecule has 0 saturated heterocycles. The lowest BCUT2D eigenvalue weighted by Crippen LogP contribution is -2.12. The molecule has 0 bridgehead atoms. The normalized spacial score (nSPS) is 10.6. The number of amides is 1. The number of carbonyl (C=O) groups is 1. The van der Waals surface area contributed by atoms with Gasteiger partial charge in [-0.1, -0.05) is 48.6 Å². The van der Waals surface area contributed by atoms with Crippen molar-refractivity contribution in [2.24, 2.45) is 0 Å². The Balaban J connectivity index is 1.89. The van der Waals surface area contributed by atoms with E-state index in [-0.39, 0.29) is 10.6 Å². The Labute approximate surface area is 132 Å². The molecule has 1 aromatic heterocycles. The second-order valence-electron chi connectivity index (χ2n) is 4.99. The summed E-state index contributed by atoms with van der Waals surface area (Å²) in [4.78, 5) is 24.8. The van der Waals surface area contributed by atoms with Crippen LogP contribution in [0.3, 0.4) is 0 Å². The second-order valence-corrected chi connectivity index (χ2v) is 6.00. The fourth-order valence-electron chi connectivity index (χ4n) is 2.26. The van der Waals surface area contributed by atoms with Crippen molar-refractivity contribution in [3.63, 3.8) is 0 Å². The van der Waals surface area contributed by atoms with Crippen molar-refractivity contribution in [1.29, 1.82) is 0 Å². The third-order valence-corrected chi connectivity index (χ3v) is 4.44. The Kier molecular flexibility index (Phi) is 4.02. The lowest BCUT2D eigenvalue weighted by molar-refractivity contribution is 0.103. The molecule has 1 heterocycles. The van der Waals surface area contributed by atoms with E-state index in [4.69, 9.17) is 0 Å². The van der Waals surface area contributed by atoms with Gasteiger partial charge in [-0.3, -0.25) is 9.59 Å². The van der Waals surface area contributed by atoms with Crippen molar-refractivity contribution < 1.29 is 4.79 Å². The fourth-order valence-corrected chi connectivity index (χ4v) is 3.09. The van der Waals surface area contributed by atoms with Crippen molar-refractivity contribution in [2.75, 3.05) is 5.32 Å². The highest BCUT2D eigenvalue weighted by molar-refractivity contribution is 7.12. The smallest absolute Gasteiger partial charge is 0.265 e. The first-order chi connectivity index (χ1) is 10.7. The topological polar surface area (TPSA) is 46.2 Å². The van der Waals surface area contributed by atoms with Crippen molar-refractivity contribution >= 4 is 33.7 Å². The largest absolute Gasteiger partial charge is 0.321 e. The van der Waals surface area contributed by atoms with Crippen LogP contribution in [0, 0.1) is 0 Å². The first-order valence-corrected chi connectivity index (χ1v) is 7.92. The summed E-state index contributed by atoms with van der Waals surface area (Å²) in [6.45, 7) is 2.08. The zero-order valence-electron chi connectivity index (χ0n) is 12.1. The SMILES string of the molecule is CCc1ccc(NC(=O)c2cc3ccccc3c(=O)s2)cc1. The highest BCUT2D eigenvalue weighted by Gasteiger charge is 2.10. The third-order valence-electron chi connectivity index (χ3n) is 3.51. The number of fused-ring (bicyclic) bond motifs is 1. The van der Waals surface area contributed by atoms with Gasteiger partial charge in [0.1, 0.15) is 0 Å². The van der Waals surface area contributed by atoms with E-state index < -0.39 is 0 Å². The molecule has 4 heteroatoms. The van der Waals surface area contributed by atoms with Crippen LogP contribution in [0.1, 0.15) is 22.2 Å². The standard InChI is InChI=1S/C18H15NO2S/c1-2-12-7-9-14(10-8-12)19-17(20)16-11-13-5-3-4-6-15(13)18(21)22-16/h3-11H,2H2,1H3,(H,19,20). The minimum atomic E-state index is -0.253. The van der Waals surface area contributed by atoms with E-state index in [9.17, 15) is 9.59 Å². The molecule has 0 spiro atoms. The van der Waals surface area contributed by atoms with Crippen LogP contribution in [0.15, 0.2) is 59.4 Å². The summed E-state index contributed by atoms with van der Waals surface area (Å²) in [5, 5.41) is 4.27. The second kappa shape index (κ2) is 6.12. The van der Waals surface area contributed by atoms with Crippen LogP contribution in [0.5, 0.6) is 0 Å². The molecule has 0 aliphatic carbocycles. The van der Waals surface area contributed by atoms with Gasteiger partial charge < -0.3 is 5.32 Å². The van der Waals surface area contributed by atoms with Gasteiger partial charge in [-0.05, 0) is 41.6 Å². The van der Waals surface area contributed by atoms with Gasteiger partial charge in [-0.2, -0.15) is 0 Å². The number of nitrogens with one attached hydrogen (secondary N) is 1. The van der Waals surface area contributed by atoms with Gasteiger partial charge in [0, 0.05) is 11.1 Å². The van der Waals surface area contributed by atoms with Crippen LogP contribution in [0.4, 0.5) is 5.69 Å². The van der Waals surface area contributed by atoms with Crippen LogP contribution < -0.4 is 10.1 Å². The highest BCUT2D eigenvalue weighted by Crippen LogP contribution is 2.17. The molecule has 2 aromatic carbocycles. The van der Waals surface area contributed by atoms with Gasteiger partial charge in [0.05, 0.1) is 4.88 Å². The molecule has 3 rings (SSSR count). The van der Waals surface area contributed by atoms with Gasteiger partial charge >= 0.3 is 0 Å². The molecule has 0 fully saturated rings. The lowest BCUT2D eigenvalue weighted by atomic mass is 10.1. The molecule has 22 heavy (non-hydrogen) atoms. The van der Waals surface area contributed by atoms with Crippen molar-refractivity contribution in [3.05, 3.63) is 74.6 Å². The summed E-state index contributed by atoms with van der Waals surface area (Å²) in [5.74, 6) is -0.253. The summed E-state index contributed by atoms with van der Waals surface area (Å²) < 4.78 is -0.0930. The first kappa shape index (κ1) is 14.5. The van der Waals surface area contributed by atoms with Crippen molar-refractivity contribution in [2.45, 2.75) is 13.3 Å². The zero-order chi connectivity index (χ0) is 15.5. The molecule has 0 saturated carbocycles. The zero-order valence-corrected chi connectivity index (χ0v) is 12.9. The molecule has 0 unspecified atom stereocenters. The number of anilines is 1. The van der Waals surface area contributed by atoms with Gasteiger partial charge in [-0.15, -0.1) is 0 Å². The number of hydrogen-bond acceptors (Lipinski definition) is 3. The predicted octanol–water partition coefficient (Wildman–Crippen LogP) is 4.08. The Hall–Kier alpha value is -2.46. The van der Waals surface area contributed by atoms with Gasteiger partial charge in [0.15, 0.2) is 0 Å². The summed E-state index contributed by atoms with van der Waals surface area (Å²) in [6, 6.07) is 16.8. The third kappa shape index (κ3) is 2.92. The molecule has 1 N–H and O–H groups in total. The van der Waals surface area contributed by atoms with Crippen LogP contribution >= 0.6 is 11.3 Å². The van der Waals surface area contributed by atoms with Gasteiger partial charge in [0.2, 0.25) is 4.74 Å². The number of benzene rings is 2. The molecule has 0 aliphatic rings. The Morgan fingerprint density at radius 1 is 1.09 bits per heavy atom. The van der Waals surface area contributed by atoms with Crippen molar-refractivity contribution in [3.8, 4) is 0 Å². The van der Waals surface area contributed by atoms with Crippen LogP contribution in [0.25, 0.3) is 10.8 Å². The maximum Gasteiger partial charge on any atom is 0.265 e. The van der Waals surface area contributed by atoms with E-state index >= 15 is 0 Å². The van der Waals surface area contributed by atoms with E-state index in [0.29, 0.717) is 10.3 Å². The molecule has 110 valence electrons. The molecule has 0 aliphatic heterocycles.